The molecule has 0 saturated carbocycles. The molecule has 0 unspecified atom stereocenters. The number of nitrogens with one attached hydrogen (secondary N) is 3. The Hall–Kier alpha value is -2.67. The maximum Gasteiger partial charge on any atom is 0.221 e. The van der Waals surface area contributed by atoms with Crippen LogP contribution in [-0.2, 0) is 4.79 Å². The molecule has 0 fully saturated rings. The molecule has 0 aliphatic rings. The number of carbonyl (C=O) groups excluding carboxylic acids is 1. The molecule has 1 amide bonds. The Morgan fingerprint density at radius 3 is 2.79 bits per heavy atom. The van der Waals surface area contributed by atoms with E-state index >= 15 is 0 Å². The van der Waals surface area contributed by atoms with Crippen molar-refractivity contribution in [1.82, 2.24) is 5.43 Å². The Labute approximate surface area is 107 Å². The van der Waals surface area contributed by atoms with Gasteiger partial charge in [-0.3, -0.25) is 15.0 Å². The summed E-state index contributed by atoms with van der Waals surface area (Å²) in [6.07, 6.45) is 0. The van der Waals surface area contributed by atoms with Crippen molar-refractivity contribution in [1.29, 1.82) is 5.41 Å². The Morgan fingerprint density at radius 2 is 2.16 bits per heavy atom. The maximum atomic E-state index is 11.9. The standard InChI is InChI=1S/C12H12N4O3/c1-6(17)15-8-4-2-3-7-9(18)5-10(12(13)16-14)19-11(7)8/h2-5H,14H2,1H3,(H2,13,16)(H,15,17). The first-order chi connectivity index (χ1) is 9.02. The highest BCUT2D eigenvalue weighted by Crippen LogP contribution is 2.22. The number of anilines is 1. The van der Waals surface area contributed by atoms with E-state index in [9.17, 15) is 9.59 Å². The second-order valence-electron chi connectivity index (χ2n) is 3.86. The number of carbonyl (C=O) groups is 1. The third kappa shape index (κ3) is 2.45. The van der Waals surface area contributed by atoms with Crippen molar-refractivity contribution in [3.8, 4) is 0 Å². The fourth-order valence-corrected chi connectivity index (χ4v) is 1.66. The highest BCUT2D eigenvalue weighted by atomic mass is 16.3. The van der Waals surface area contributed by atoms with E-state index in [2.05, 4.69) is 10.7 Å². The largest absolute Gasteiger partial charge is 0.450 e. The lowest BCUT2D eigenvalue weighted by atomic mass is 10.2. The Bertz CT molecular complexity index is 720. The molecular formula is C12H12N4O3. The number of hydrogen-bond donors (Lipinski definition) is 4. The van der Waals surface area contributed by atoms with Crippen molar-refractivity contribution in [2.45, 2.75) is 6.92 Å². The molecule has 2 aromatic rings. The highest BCUT2D eigenvalue weighted by molar-refractivity contribution is 6.00. The van der Waals surface area contributed by atoms with Gasteiger partial charge in [0.1, 0.15) is 0 Å². The van der Waals surface area contributed by atoms with Crippen LogP contribution in [0.2, 0.25) is 0 Å². The van der Waals surface area contributed by atoms with Crippen molar-refractivity contribution >= 4 is 28.4 Å². The first-order valence-corrected chi connectivity index (χ1v) is 5.43. The maximum absolute atomic E-state index is 11.9. The van der Waals surface area contributed by atoms with Gasteiger partial charge in [-0.2, -0.15) is 0 Å². The van der Waals surface area contributed by atoms with Crippen molar-refractivity contribution < 1.29 is 9.21 Å². The molecule has 0 aliphatic heterocycles. The summed E-state index contributed by atoms with van der Waals surface area (Å²) in [5, 5.41) is 10.4. The summed E-state index contributed by atoms with van der Waals surface area (Å²) in [6, 6.07) is 5.99. The van der Waals surface area contributed by atoms with Crippen LogP contribution in [0.4, 0.5) is 5.69 Å². The van der Waals surface area contributed by atoms with E-state index < -0.39 is 0 Å². The number of amidine groups is 1. The van der Waals surface area contributed by atoms with Gasteiger partial charge in [0.05, 0.1) is 11.1 Å². The van der Waals surface area contributed by atoms with E-state index in [1.807, 2.05) is 0 Å². The first-order valence-electron chi connectivity index (χ1n) is 5.43. The normalized spacial score (nSPS) is 10.2. The molecule has 19 heavy (non-hydrogen) atoms. The van der Waals surface area contributed by atoms with Crippen LogP contribution in [-0.4, -0.2) is 11.7 Å². The monoisotopic (exact) mass is 260 g/mol. The lowest BCUT2D eigenvalue weighted by Gasteiger charge is -2.08. The molecular weight excluding hydrogens is 248 g/mol. The molecule has 0 saturated heterocycles. The van der Waals surface area contributed by atoms with Crippen molar-refractivity contribution in [3.05, 3.63) is 40.2 Å². The van der Waals surface area contributed by atoms with Crippen LogP contribution in [0.1, 0.15) is 12.7 Å². The molecule has 0 spiro atoms. The molecule has 1 heterocycles. The molecule has 5 N–H and O–H groups in total. The van der Waals surface area contributed by atoms with Crippen LogP contribution < -0.4 is 22.0 Å². The molecule has 7 heteroatoms. The molecule has 98 valence electrons. The number of hydrazine groups is 1. The van der Waals surface area contributed by atoms with Crippen LogP contribution in [0.25, 0.3) is 11.0 Å². The van der Waals surface area contributed by atoms with E-state index in [1.54, 1.807) is 18.2 Å². The SMILES string of the molecule is CC(=O)Nc1cccc2c(=O)cc(C(=N)NN)oc12. The average molecular weight is 260 g/mol. The molecule has 7 nitrogen and oxygen atoms in total. The minimum Gasteiger partial charge on any atom is -0.450 e. The fourth-order valence-electron chi connectivity index (χ4n) is 1.66. The number of hydrogen-bond acceptors (Lipinski definition) is 5. The molecule has 0 aliphatic carbocycles. The van der Waals surface area contributed by atoms with Gasteiger partial charge in [0.2, 0.25) is 5.91 Å². The number of benzene rings is 1. The highest BCUT2D eigenvalue weighted by Gasteiger charge is 2.12. The van der Waals surface area contributed by atoms with Crippen LogP contribution in [0.5, 0.6) is 0 Å². The Balaban J connectivity index is 2.72. The van der Waals surface area contributed by atoms with Gasteiger partial charge in [-0.05, 0) is 12.1 Å². The van der Waals surface area contributed by atoms with Crippen LogP contribution in [0, 0.1) is 5.41 Å². The molecule has 1 aromatic heterocycles. The predicted molar refractivity (Wildman–Crippen MR) is 70.9 cm³/mol. The Morgan fingerprint density at radius 1 is 1.42 bits per heavy atom. The van der Waals surface area contributed by atoms with E-state index in [-0.39, 0.29) is 28.5 Å². The summed E-state index contributed by atoms with van der Waals surface area (Å²) >= 11 is 0. The van der Waals surface area contributed by atoms with Crippen molar-refractivity contribution in [2.24, 2.45) is 5.84 Å². The van der Waals surface area contributed by atoms with E-state index in [0.717, 1.165) is 0 Å². The van der Waals surface area contributed by atoms with Crippen LogP contribution in [0.3, 0.4) is 0 Å². The molecule has 0 radical (unpaired) electrons. The summed E-state index contributed by atoms with van der Waals surface area (Å²) < 4.78 is 5.45. The quantitative estimate of drug-likeness (QED) is 0.272. The number of para-hydroxylation sites is 1. The molecule has 1 aromatic carbocycles. The number of rotatable bonds is 2. The van der Waals surface area contributed by atoms with Gasteiger partial charge >= 0.3 is 0 Å². The summed E-state index contributed by atoms with van der Waals surface area (Å²) in [4.78, 5) is 23.0. The number of fused-ring (bicyclic) bond motifs is 1. The van der Waals surface area contributed by atoms with Crippen LogP contribution >= 0.6 is 0 Å². The zero-order valence-corrected chi connectivity index (χ0v) is 10.1. The van der Waals surface area contributed by atoms with Crippen molar-refractivity contribution in [2.75, 3.05) is 5.32 Å². The van der Waals surface area contributed by atoms with Gasteiger partial charge in [-0.15, -0.1) is 0 Å². The van der Waals surface area contributed by atoms with E-state index in [1.165, 1.54) is 13.0 Å². The van der Waals surface area contributed by atoms with Gasteiger partial charge in [-0.25, -0.2) is 5.84 Å². The van der Waals surface area contributed by atoms with Gasteiger partial charge < -0.3 is 15.2 Å². The summed E-state index contributed by atoms with van der Waals surface area (Å²) in [5.41, 5.74) is 2.36. The van der Waals surface area contributed by atoms with Gasteiger partial charge in [0.15, 0.2) is 22.6 Å². The summed E-state index contributed by atoms with van der Waals surface area (Å²) in [5.74, 6) is 4.60. The fraction of sp³-hybridized carbons (Fsp3) is 0.0833. The van der Waals surface area contributed by atoms with E-state index in [4.69, 9.17) is 15.7 Å². The predicted octanol–water partition coefficient (Wildman–Crippen LogP) is 0.540. The number of nitrogens with two attached hydrogens (primary N) is 1. The zero-order valence-electron chi connectivity index (χ0n) is 10.1. The molecule has 0 bridgehead atoms. The molecule has 0 atom stereocenters. The second kappa shape index (κ2) is 4.91. The second-order valence-corrected chi connectivity index (χ2v) is 3.86. The van der Waals surface area contributed by atoms with Gasteiger partial charge in [-0.1, -0.05) is 6.07 Å². The topological polar surface area (TPSA) is 121 Å². The zero-order chi connectivity index (χ0) is 14.0. The van der Waals surface area contributed by atoms with Crippen LogP contribution in [0.15, 0.2) is 33.5 Å². The minimum absolute atomic E-state index is 0.00204. The summed E-state index contributed by atoms with van der Waals surface area (Å²) in [7, 11) is 0. The minimum atomic E-state index is -0.316. The summed E-state index contributed by atoms with van der Waals surface area (Å²) in [6.45, 7) is 1.35. The lowest BCUT2D eigenvalue weighted by Crippen LogP contribution is -2.30. The van der Waals surface area contributed by atoms with Gasteiger partial charge in [0, 0.05) is 13.0 Å². The number of amides is 1. The first kappa shape index (κ1) is 12.8. The smallest absolute Gasteiger partial charge is 0.221 e. The molecule has 2 rings (SSSR count). The third-order valence-electron chi connectivity index (χ3n) is 2.46. The third-order valence-corrected chi connectivity index (χ3v) is 2.46. The van der Waals surface area contributed by atoms with Gasteiger partial charge in [0.25, 0.3) is 0 Å². The van der Waals surface area contributed by atoms with Crippen molar-refractivity contribution in [3.63, 3.8) is 0 Å². The Kier molecular flexibility index (Phi) is 3.30. The van der Waals surface area contributed by atoms with E-state index in [0.29, 0.717) is 11.1 Å². The average Bonchev–Trinajstić information content (AvgIpc) is 2.38. The lowest BCUT2D eigenvalue weighted by molar-refractivity contribution is -0.114.